The van der Waals surface area contributed by atoms with Crippen LogP contribution in [0.5, 0.6) is 11.5 Å². The number of H-pyrrole nitrogens is 1. The number of aromatic nitrogens is 3. The number of rotatable bonds is 5. The quantitative estimate of drug-likeness (QED) is 0.264. The van der Waals surface area contributed by atoms with Gasteiger partial charge in [-0.05, 0) is 50.4 Å². The summed E-state index contributed by atoms with van der Waals surface area (Å²) in [5.74, 6) is 1.02. The Morgan fingerprint density at radius 3 is 2.70 bits per heavy atom. The second-order valence-corrected chi connectivity index (χ2v) is 9.29. The molecule has 0 bridgehead atoms. The van der Waals surface area contributed by atoms with Crippen LogP contribution >= 0.6 is 27.7 Å². The minimum atomic E-state index is -0.487. The highest BCUT2D eigenvalue weighted by Crippen LogP contribution is 2.39. The van der Waals surface area contributed by atoms with Crippen LogP contribution < -0.4 is 20.3 Å². The van der Waals surface area contributed by atoms with Gasteiger partial charge < -0.3 is 15.2 Å². The standard InChI is InChI=1S/C24H19BrN4O3S/c1-32-19-12-15(11-17(25)21(19)30)22-26-18-10-6-5-9-16(18)20-23(31)27-24(28-29(20)22)33-13-14-7-3-2-4-8-14/h2-12,22H,13H2,1H3,(H2,27,28,30,31)/p+1/t22-/m1/s1. The summed E-state index contributed by atoms with van der Waals surface area (Å²) < 4.78 is 7.53. The molecule has 3 aromatic carbocycles. The molecule has 1 aromatic heterocycles. The van der Waals surface area contributed by atoms with E-state index < -0.39 is 6.17 Å². The maximum atomic E-state index is 13.2. The zero-order valence-corrected chi connectivity index (χ0v) is 20.0. The predicted octanol–water partition coefficient (Wildman–Crippen LogP) is 4.47. The van der Waals surface area contributed by atoms with Gasteiger partial charge in [-0.15, -0.1) is 0 Å². The lowest BCUT2D eigenvalue weighted by molar-refractivity contribution is -0.759. The van der Waals surface area contributed by atoms with E-state index in [1.807, 2.05) is 54.6 Å². The number of hydrogen-bond donors (Lipinski definition) is 3. The lowest BCUT2D eigenvalue weighted by atomic mass is 10.0. The summed E-state index contributed by atoms with van der Waals surface area (Å²) in [6, 6.07) is 21.2. The van der Waals surface area contributed by atoms with Crippen molar-refractivity contribution in [3.8, 4) is 22.8 Å². The number of benzene rings is 3. The molecule has 1 aliphatic rings. The zero-order valence-electron chi connectivity index (χ0n) is 17.6. The van der Waals surface area contributed by atoms with E-state index in [9.17, 15) is 9.90 Å². The number of methoxy groups -OCH3 is 1. The van der Waals surface area contributed by atoms with Gasteiger partial charge in [-0.25, -0.2) is 0 Å². The van der Waals surface area contributed by atoms with E-state index in [-0.39, 0.29) is 11.3 Å². The molecular weight excluding hydrogens is 504 g/mol. The lowest BCUT2D eigenvalue weighted by Gasteiger charge is -2.23. The van der Waals surface area contributed by atoms with Gasteiger partial charge in [-0.1, -0.05) is 54.2 Å². The van der Waals surface area contributed by atoms with Crippen molar-refractivity contribution in [2.45, 2.75) is 17.1 Å². The summed E-state index contributed by atoms with van der Waals surface area (Å²) >= 11 is 4.86. The largest absolute Gasteiger partial charge is 0.503 e. The number of aromatic amines is 1. The Morgan fingerprint density at radius 1 is 1.15 bits per heavy atom. The van der Waals surface area contributed by atoms with Crippen LogP contribution in [-0.2, 0) is 5.75 Å². The van der Waals surface area contributed by atoms with Crippen LogP contribution in [0.25, 0.3) is 11.3 Å². The molecule has 0 amide bonds. The molecule has 0 saturated carbocycles. The van der Waals surface area contributed by atoms with E-state index in [1.165, 1.54) is 18.9 Å². The van der Waals surface area contributed by atoms with Gasteiger partial charge in [0.05, 0.1) is 22.8 Å². The first-order valence-electron chi connectivity index (χ1n) is 10.2. The topological polar surface area (TPSA) is 91.1 Å². The summed E-state index contributed by atoms with van der Waals surface area (Å²) in [5, 5.41) is 19.1. The molecule has 7 nitrogen and oxygen atoms in total. The van der Waals surface area contributed by atoms with E-state index in [2.05, 4.69) is 26.2 Å². The maximum absolute atomic E-state index is 13.2. The van der Waals surface area contributed by atoms with Crippen LogP contribution in [0.2, 0.25) is 0 Å². The van der Waals surface area contributed by atoms with Gasteiger partial charge >= 0.3 is 11.3 Å². The minimum absolute atomic E-state index is 0.0145. The van der Waals surface area contributed by atoms with E-state index in [0.717, 1.165) is 22.4 Å². The number of thioether (sulfide) groups is 1. The van der Waals surface area contributed by atoms with Crippen LogP contribution in [0.4, 0.5) is 5.69 Å². The van der Waals surface area contributed by atoms with Crippen molar-refractivity contribution in [1.82, 2.24) is 10.1 Å². The molecule has 1 atom stereocenters. The lowest BCUT2D eigenvalue weighted by Crippen LogP contribution is -2.55. The molecule has 9 heteroatoms. The maximum Gasteiger partial charge on any atom is 0.325 e. The predicted molar refractivity (Wildman–Crippen MR) is 131 cm³/mol. The molecule has 4 aromatic rings. The summed E-state index contributed by atoms with van der Waals surface area (Å²) in [6.45, 7) is 0. The van der Waals surface area contributed by atoms with Crippen molar-refractivity contribution in [2.24, 2.45) is 0 Å². The Balaban J connectivity index is 1.63. The monoisotopic (exact) mass is 523 g/mol. The van der Waals surface area contributed by atoms with Crippen molar-refractivity contribution in [3.05, 3.63) is 92.7 Å². The molecule has 2 heterocycles. The first-order chi connectivity index (χ1) is 16.0. The second-order valence-electron chi connectivity index (χ2n) is 7.47. The highest BCUT2D eigenvalue weighted by Gasteiger charge is 2.38. The zero-order chi connectivity index (χ0) is 22.9. The fourth-order valence-corrected chi connectivity index (χ4v) is 5.08. The number of hydrogen-bond acceptors (Lipinski definition) is 6. The van der Waals surface area contributed by atoms with Gasteiger partial charge in [0.1, 0.15) is 0 Å². The fourth-order valence-electron chi connectivity index (χ4n) is 3.81. The Bertz CT molecular complexity index is 1390. The molecule has 0 aliphatic carbocycles. The second kappa shape index (κ2) is 8.92. The van der Waals surface area contributed by atoms with E-state index in [1.54, 1.807) is 16.8 Å². The molecule has 0 fully saturated rings. The van der Waals surface area contributed by atoms with Crippen LogP contribution in [0.3, 0.4) is 0 Å². The molecule has 0 radical (unpaired) electrons. The van der Waals surface area contributed by atoms with E-state index >= 15 is 0 Å². The Morgan fingerprint density at radius 2 is 1.91 bits per heavy atom. The number of anilines is 1. The van der Waals surface area contributed by atoms with E-state index in [4.69, 9.17) is 9.84 Å². The SMILES string of the molecule is COc1cc([C@@H]2Nc3ccccc3-c3c(=O)[nH]c(SCc4ccccc4)n[n+]32)cc(Br)c1O. The average molecular weight is 524 g/mol. The number of fused-ring (bicyclic) bond motifs is 3. The van der Waals surface area contributed by atoms with Crippen molar-refractivity contribution < 1.29 is 14.5 Å². The molecule has 33 heavy (non-hydrogen) atoms. The normalized spacial score (nSPS) is 14.2. The number of halogens is 1. The van der Waals surface area contributed by atoms with Crippen molar-refractivity contribution in [2.75, 3.05) is 12.4 Å². The first-order valence-corrected chi connectivity index (χ1v) is 12.0. The van der Waals surface area contributed by atoms with Crippen molar-refractivity contribution >= 4 is 33.4 Å². The summed E-state index contributed by atoms with van der Waals surface area (Å²) in [6.07, 6.45) is -0.487. The van der Waals surface area contributed by atoms with Gasteiger partial charge in [0.15, 0.2) is 11.5 Å². The Hall–Kier alpha value is -3.30. The van der Waals surface area contributed by atoms with Gasteiger partial charge in [0.25, 0.3) is 6.17 Å². The molecule has 0 saturated heterocycles. The Kier molecular flexibility index (Phi) is 5.82. The first kappa shape index (κ1) is 21.5. The smallest absolute Gasteiger partial charge is 0.325 e. The van der Waals surface area contributed by atoms with Crippen LogP contribution in [0.15, 0.2) is 81.2 Å². The number of ether oxygens (including phenoxy) is 1. The number of aromatic hydroxyl groups is 1. The molecule has 0 spiro atoms. The van der Waals surface area contributed by atoms with Crippen LogP contribution in [0.1, 0.15) is 17.3 Å². The third kappa shape index (κ3) is 4.09. The van der Waals surface area contributed by atoms with Gasteiger partial charge in [-0.2, -0.15) is 0 Å². The summed E-state index contributed by atoms with van der Waals surface area (Å²) in [5.41, 5.74) is 3.75. The van der Waals surface area contributed by atoms with E-state index in [0.29, 0.717) is 26.8 Å². The molecule has 0 unspecified atom stereocenters. The minimum Gasteiger partial charge on any atom is -0.503 e. The Labute approximate surface area is 202 Å². The molecule has 1 aliphatic heterocycles. The number of nitrogens with zero attached hydrogens (tertiary/aromatic N) is 2. The number of phenols is 1. The van der Waals surface area contributed by atoms with Crippen molar-refractivity contribution in [1.29, 1.82) is 0 Å². The average Bonchev–Trinajstić information content (AvgIpc) is 2.84. The third-order valence-corrected chi connectivity index (χ3v) is 6.93. The van der Waals surface area contributed by atoms with Gasteiger partial charge in [0.2, 0.25) is 5.16 Å². The van der Waals surface area contributed by atoms with Gasteiger partial charge in [0, 0.05) is 16.4 Å². The third-order valence-electron chi connectivity index (χ3n) is 5.39. The highest BCUT2D eigenvalue weighted by atomic mass is 79.9. The molecule has 3 N–H and O–H groups in total. The highest BCUT2D eigenvalue weighted by molar-refractivity contribution is 9.10. The molecular formula is C24H20BrN4O3S+. The van der Waals surface area contributed by atoms with Gasteiger partial charge in [-0.3, -0.25) is 9.78 Å². The molecule has 5 rings (SSSR count). The molecule has 166 valence electrons. The number of para-hydroxylation sites is 1. The van der Waals surface area contributed by atoms with Crippen molar-refractivity contribution in [3.63, 3.8) is 0 Å². The number of phenolic OH excluding ortho intramolecular Hbond substituents is 1. The van der Waals surface area contributed by atoms with Crippen LogP contribution in [0, 0.1) is 0 Å². The van der Waals surface area contributed by atoms with Crippen LogP contribution in [-0.4, -0.2) is 22.3 Å². The summed E-state index contributed by atoms with van der Waals surface area (Å²) in [7, 11) is 1.50. The number of nitrogens with one attached hydrogen (secondary N) is 2. The summed E-state index contributed by atoms with van der Waals surface area (Å²) in [4.78, 5) is 16.2. The fraction of sp³-hybridized carbons (Fsp3) is 0.125.